The minimum Gasteiger partial charge on any atom is -0.366 e. The summed E-state index contributed by atoms with van der Waals surface area (Å²) < 4.78 is 5.70. The van der Waals surface area contributed by atoms with Crippen molar-refractivity contribution in [2.45, 2.75) is 51.2 Å². The van der Waals surface area contributed by atoms with Crippen molar-refractivity contribution in [2.75, 3.05) is 18.1 Å². The molecule has 0 saturated heterocycles. The Bertz CT molecular complexity index is 632. The molecule has 2 aliphatic rings. The Kier molecular flexibility index (Phi) is 9.77. The van der Waals surface area contributed by atoms with Gasteiger partial charge in [-0.2, -0.15) is 0 Å². The molecule has 0 fully saturated rings. The third-order valence-electron chi connectivity index (χ3n) is 4.57. The van der Waals surface area contributed by atoms with E-state index in [1.807, 2.05) is 21.6 Å². The number of benzene rings is 1. The van der Waals surface area contributed by atoms with Crippen LogP contribution in [0, 0.1) is 0 Å². The summed E-state index contributed by atoms with van der Waals surface area (Å²) in [5.74, 6) is 1.12. The number of rotatable bonds is 0. The summed E-state index contributed by atoms with van der Waals surface area (Å²) in [6.07, 6.45) is 9.35. The van der Waals surface area contributed by atoms with Crippen molar-refractivity contribution in [3.63, 3.8) is 0 Å². The first-order chi connectivity index (χ1) is 12.9. The van der Waals surface area contributed by atoms with Gasteiger partial charge in [0.15, 0.2) is 5.79 Å². The quantitative estimate of drug-likeness (QED) is 0.527. The molecule has 2 heterocycles. The number of ether oxygens (including phenoxy) is 1. The topological polar surface area (TPSA) is 29.5 Å². The zero-order valence-electron chi connectivity index (χ0n) is 16.4. The molecule has 1 atom stereocenters. The maximum atomic E-state index is 10.5. The van der Waals surface area contributed by atoms with E-state index in [0.717, 1.165) is 54.8 Å². The summed E-state index contributed by atoms with van der Waals surface area (Å²) in [5, 5.41) is 10.5. The Labute approximate surface area is 172 Å². The lowest BCUT2D eigenvalue weighted by Gasteiger charge is -2.24. The van der Waals surface area contributed by atoms with E-state index in [9.17, 15) is 5.11 Å². The Morgan fingerprint density at radius 1 is 0.889 bits per heavy atom. The van der Waals surface area contributed by atoms with Crippen molar-refractivity contribution in [1.82, 2.24) is 0 Å². The number of aryl methyl sites for hydroxylation is 2. The van der Waals surface area contributed by atoms with E-state index in [1.54, 1.807) is 6.92 Å². The average Bonchev–Trinajstić information content (AvgIpc) is 2.65. The maximum Gasteiger partial charge on any atom is 0.162 e. The number of aliphatic hydroxyl groups is 1. The number of fused-ring (bicyclic) bond motifs is 17. The fraction of sp³-hybridized carbons (Fsp3) is 0.478. The number of allylic oxidation sites excluding steroid dienone is 4. The van der Waals surface area contributed by atoms with Crippen molar-refractivity contribution in [1.29, 1.82) is 0 Å². The van der Waals surface area contributed by atoms with Crippen molar-refractivity contribution in [2.24, 2.45) is 0 Å². The van der Waals surface area contributed by atoms with Crippen LogP contribution in [0.1, 0.15) is 43.7 Å². The van der Waals surface area contributed by atoms with Gasteiger partial charge in [-0.05, 0) is 50.2 Å². The number of hydrogen-bond donors (Lipinski definition) is 1. The minimum atomic E-state index is -1.09. The molecule has 148 valence electrons. The predicted octanol–water partition coefficient (Wildman–Crippen LogP) is 6.12. The van der Waals surface area contributed by atoms with Crippen molar-refractivity contribution in [3.8, 4) is 0 Å². The molecule has 0 amide bonds. The minimum absolute atomic E-state index is 0.535. The van der Waals surface area contributed by atoms with Gasteiger partial charge in [0.1, 0.15) is 0 Å². The van der Waals surface area contributed by atoms with E-state index >= 15 is 0 Å². The highest BCUT2D eigenvalue weighted by Crippen LogP contribution is 2.25. The molecular formula is C23H32O2S2. The maximum absolute atomic E-state index is 10.5. The molecule has 2 nitrogen and oxygen atoms in total. The third-order valence-corrected chi connectivity index (χ3v) is 6.98. The van der Waals surface area contributed by atoms with Crippen LogP contribution in [-0.4, -0.2) is 29.0 Å². The zero-order valence-corrected chi connectivity index (χ0v) is 18.0. The lowest BCUT2D eigenvalue weighted by molar-refractivity contribution is -0.193. The molecule has 0 spiro atoms. The van der Waals surface area contributed by atoms with E-state index in [-0.39, 0.29) is 0 Å². The van der Waals surface area contributed by atoms with Gasteiger partial charge in [-0.1, -0.05) is 82.3 Å². The van der Waals surface area contributed by atoms with Crippen molar-refractivity contribution < 1.29 is 9.84 Å². The average molecular weight is 405 g/mol. The second-order valence-electron chi connectivity index (χ2n) is 7.24. The molecule has 1 aromatic rings. The van der Waals surface area contributed by atoms with E-state index in [2.05, 4.69) is 49.6 Å². The molecule has 0 aromatic heterocycles. The van der Waals surface area contributed by atoms with Gasteiger partial charge in [-0.25, -0.2) is 0 Å². The Balaban J connectivity index is 1.94. The lowest BCUT2D eigenvalue weighted by atomic mass is 10.0. The molecule has 4 heteroatoms. The predicted molar refractivity (Wildman–Crippen MR) is 121 cm³/mol. The molecule has 1 unspecified atom stereocenters. The van der Waals surface area contributed by atoms with E-state index < -0.39 is 5.79 Å². The molecular weight excluding hydrogens is 372 g/mol. The van der Waals surface area contributed by atoms with Gasteiger partial charge in [0.25, 0.3) is 0 Å². The van der Waals surface area contributed by atoms with Crippen LogP contribution in [-0.2, 0) is 17.6 Å². The SMILES string of the molecule is C=C1/C=C\C(=C)CCSSCCc2ccc(cc2)CCC(C)(O)OCCC1. The van der Waals surface area contributed by atoms with Gasteiger partial charge in [-0.3, -0.25) is 0 Å². The Morgan fingerprint density at radius 2 is 1.44 bits per heavy atom. The van der Waals surface area contributed by atoms with Crippen LogP contribution >= 0.6 is 21.6 Å². The van der Waals surface area contributed by atoms with E-state index in [1.165, 1.54) is 11.1 Å². The second kappa shape index (κ2) is 11.8. The molecule has 1 N–H and O–H groups in total. The second-order valence-corrected chi connectivity index (χ2v) is 9.94. The van der Waals surface area contributed by atoms with Gasteiger partial charge in [0, 0.05) is 17.9 Å². The first kappa shape index (κ1) is 22.4. The van der Waals surface area contributed by atoms with Crippen LogP contribution in [0.25, 0.3) is 0 Å². The third kappa shape index (κ3) is 9.70. The van der Waals surface area contributed by atoms with E-state index in [0.29, 0.717) is 13.0 Å². The normalized spacial score (nSPS) is 25.7. The van der Waals surface area contributed by atoms with Crippen LogP contribution in [0.3, 0.4) is 0 Å². The molecule has 3 rings (SSSR count). The smallest absolute Gasteiger partial charge is 0.162 e. The molecule has 1 aromatic carbocycles. The summed E-state index contributed by atoms with van der Waals surface area (Å²) in [6, 6.07) is 8.75. The van der Waals surface area contributed by atoms with Gasteiger partial charge in [0.2, 0.25) is 0 Å². The summed E-state index contributed by atoms with van der Waals surface area (Å²) in [6.45, 7) is 10.5. The molecule has 2 bridgehead atoms. The lowest BCUT2D eigenvalue weighted by Crippen LogP contribution is -2.29. The van der Waals surface area contributed by atoms with Crippen LogP contribution in [0.4, 0.5) is 0 Å². The molecule has 0 saturated carbocycles. The van der Waals surface area contributed by atoms with Gasteiger partial charge >= 0.3 is 0 Å². The molecule has 2 aliphatic heterocycles. The molecule has 0 aliphatic carbocycles. The fourth-order valence-electron chi connectivity index (χ4n) is 2.76. The largest absolute Gasteiger partial charge is 0.366 e. The highest BCUT2D eigenvalue weighted by atomic mass is 33.1. The standard InChI is InChI=1S/C23H32O2S2/c1-19-5-4-16-25-23(3,24)15-12-21-8-10-22(11-9-21)14-18-27-26-17-13-20(2)7-6-19/h6-11,24H,1-2,4-5,12-18H2,3H3/b7-6-. The summed E-state index contributed by atoms with van der Waals surface area (Å²) in [4.78, 5) is 0. The van der Waals surface area contributed by atoms with Crippen LogP contribution in [0.5, 0.6) is 0 Å². The molecule has 0 radical (unpaired) electrons. The fourth-order valence-corrected chi connectivity index (χ4v) is 4.87. The van der Waals surface area contributed by atoms with Gasteiger partial charge < -0.3 is 9.84 Å². The van der Waals surface area contributed by atoms with Crippen LogP contribution in [0.15, 0.2) is 60.7 Å². The van der Waals surface area contributed by atoms with Crippen molar-refractivity contribution >= 4 is 21.6 Å². The summed E-state index contributed by atoms with van der Waals surface area (Å²) in [7, 11) is 3.86. The summed E-state index contributed by atoms with van der Waals surface area (Å²) >= 11 is 0. The molecule has 27 heavy (non-hydrogen) atoms. The Hall–Kier alpha value is -0.940. The number of hydrogen-bond acceptors (Lipinski definition) is 4. The Morgan fingerprint density at radius 3 is 2.11 bits per heavy atom. The van der Waals surface area contributed by atoms with E-state index in [4.69, 9.17) is 4.74 Å². The highest BCUT2D eigenvalue weighted by molar-refractivity contribution is 8.76. The van der Waals surface area contributed by atoms with Crippen LogP contribution < -0.4 is 0 Å². The first-order valence-electron chi connectivity index (χ1n) is 9.67. The first-order valence-corrected chi connectivity index (χ1v) is 12.2. The van der Waals surface area contributed by atoms with Gasteiger partial charge in [0.05, 0.1) is 6.61 Å². The summed E-state index contributed by atoms with van der Waals surface area (Å²) in [5.41, 5.74) is 4.83. The van der Waals surface area contributed by atoms with Crippen molar-refractivity contribution in [3.05, 3.63) is 71.8 Å². The van der Waals surface area contributed by atoms with Crippen LogP contribution in [0.2, 0.25) is 0 Å². The van der Waals surface area contributed by atoms with Gasteiger partial charge in [-0.15, -0.1) is 0 Å². The highest BCUT2D eigenvalue weighted by Gasteiger charge is 2.20. The zero-order chi connectivity index (χ0) is 19.5. The monoisotopic (exact) mass is 404 g/mol.